The second-order valence-electron chi connectivity index (χ2n) is 7.15. The molecule has 11 heteroatoms. The SMILES string of the molecule is C=CCNc1nc(C(=O)OCC(=O)NN2C(=O)NC3(CCC(C)CC3)C2=O)cs1. The number of rotatable bonds is 7. The predicted octanol–water partition coefficient (Wildman–Crippen LogP) is 1.43. The fraction of sp³-hybridized carbons (Fsp3) is 0.500. The summed E-state index contributed by atoms with van der Waals surface area (Å²) in [7, 11) is 0. The highest BCUT2D eigenvalue weighted by atomic mass is 32.1. The van der Waals surface area contributed by atoms with E-state index in [0.29, 0.717) is 35.4 Å². The lowest BCUT2D eigenvalue weighted by Gasteiger charge is -2.33. The van der Waals surface area contributed by atoms with Gasteiger partial charge in [-0.3, -0.25) is 15.0 Å². The van der Waals surface area contributed by atoms with Crippen LogP contribution < -0.4 is 16.1 Å². The average Bonchev–Trinajstić information content (AvgIpc) is 3.26. The number of carbonyl (C=O) groups is 4. The molecule has 29 heavy (non-hydrogen) atoms. The maximum atomic E-state index is 12.7. The Labute approximate surface area is 171 Å². The standard InChI is InChI=1S/C18H23N5O5S/c1-3-8-19-16-20-12(10-29-16)14(25)28-9-13(24)22-23-15(26)18(21-17(23)27)6-4-11(2)5-7-18/h3,10-11H,1,4-9H2,2H3,(H,19,20)(H,21,27)(H,22,24). The number of nitrogens with one attached hydrogen (secondary N) is 3. The number of amides is 4. The van der Waals surface area contributed by atoms with Gasteiger partial charge in [0.05, 0.1) is 0 Å². The maximum Gasteiger partial charge on any atom is 0.358 e. The number of carbonyl (C=O) groups excluding carboxylic acids is 4. The third-order valence-electron chi connectivity index (χ3n) is 4.97. The second kappa shape index (κ2) is 8.60. The van der Waals surface area contributed by atoms with Gasteiger partial charge >= 0.3 is 12.0 Å². The first-order chi connectivity index (χ1) is 13.8. The van der Waals surface area contributed by atoms with Gasteiger partial charge < -0.3 is 15.4 Å². The number of thiazole rings is 1. The highest BCUT2D eigenvalue weighted by Crippen LogP contribution is 2.35. The largest absolute Gasteiger partial charge is 0.451 e. The molecule has 1 aromatic heterocycles. The normalized spacial score (nSPS) is 23.6. The van der Waals surface area contributed by atoms with Gasteiger partial charge in [-0.25, -0.2) is 14.6 Å². The zero-order valence-corrected chi connectivity index (χ0v) is 16.8. The van der Waals surface area contributed by atoms with Gasteiger partial charge in [0.25, 0.3) is 11.8 Å². The lowest BCUT2D eigenvalue weighted by Crippen LogP contribution is -2.52. The molecule has 1 aliphatic heterocycles. The molecule has 1 spiro atoms. The number of ether oxygens (including phenoxy) is 1. The molecule has 1 saturated heterocycles. The minimum absolute atomic E-state index is 0.0552. The van der Waals surface area contributed by atoms with Gasteiger partial charge in [0.15, 0.2) is 17.4 Å². The summed E-state index contributed by atoms with van der Waals surface area (Å²) < 4.78 is 4.92. The first-order valence-electron chi connectivity index (χ1n) is 9.28. The van der Waals surface area contributed by atoms with Crippen LogP contribution in [0.5, 0.6) is 0 Å². The zero-order valence-electron chi connectivity index (χ0n) is 16.0. The topological polar surface area (TPSA) is 130 Å². The van der Waals surface area contributed by atoms with E-state index in [1.165, 1.54) is 16.7 Å². The highest BCUT2D eigenvalue weighted by Gasteiger charge is 2.52. The lowest BCUT2D eigenvalue weighted by atomic mass is 9.77. The van der Waals surface area contributed by atoms with E-state index in [2.05, 4.69) is 34.5 Å². The van der Waals surface area contributed by atoms with Crippen LogP contribution in [0.25, 0.3) is 0 Å². The Hall–Kier alpha value is -2.95. The Morgan fingerprint density at radius 3 is 2.86 bits per heavy atom. The highest BCUT2D eigenvalue weighted by molar-refractivity contribution is 7.13. The molecule has 10 nitrogen and oxygen atoms in total. The molecule has 0 atom stereocenters. The van der Waals surface area contributed by atoms with E-state index in [4.69, 9.17) is 4.74 Å². The molecule has 0 bridgehead atoms. The summed E-state index contributed by atoms with van der Waals surface area (Å²) in [4.78, 5) is 53.0. The minimum atomic E-state index is -0.955. The summed E-state index contributed by atoms with van der Waals surface area (Å²) in [5, 5.41) is 8.33. The number of aromatic nitrogens is 1. The number of hydrogen-bond acceptors (Lipinski definition) is 8. The van der Waals surface area contributed by atoms with Gasteiger partial charge in [-0.05, 0) is 31.6 Å². The number of esters is 1. The van der Waals surface area contributed by atoms with Crippen molar-refractivity contribution < 1.29 is 23.9 Å². The van der Waals surface area contributed by atoms with E-state index >= 15 is 0 Å². The van der Waals surface area contributed by atoms with Gasteiger partial charge in [0.2, 0.25) is 0 Å². The van der Waals surface area contributed by atoms with Crippen molar-refractivity contribution in [2.24, 2.45) is 5.92 Å². The van der Waals surface area contributed by atoms with E-state index < -0.39 is 36.0 Å². The van der Waals surface area contributed by atoms with Crippen molar-refractivity contribution in [2.45, 2.75) is 38.1 Å². The maximum absolute atomic E-state index is 12.7. The zero-order chi connectivity index (χ0) is 21.0. The van der Waals surface area contributed by atoms with Crippen molar-refractivity contribution >= 4 is 40.3 Å². The Morgan fingerprint density at radius 1 is 1.45 bits per heavy atom. The van der Waals surface area contributed by atoms with Crippen molar-refractivity contribution in [3.05, 3.63) is 23.7 Å². The van der Waals surface area contributed by atoms with E-state index in [1.54, 1.807) is 6.08 Å². The van der Waals surface area contributed by atoms with Crippen LogP contribution in [0.2, 0.25) is 0 Å². The molecule has 156 valence electrons. The first-order valence-corrected chi connectivity index (χ1v) is 10.2. The summed E-state index contributed by atoms with van der Waals surface area (Å²) in [6, 6.07) is -0.679. The van der Waals surface area contributed by atoms with Crippen LogP contribution in [0.15, 0.2) is 18.0 Å². The lowest BCUT2D eigenvalue weighted by molar-refractivity contribution is -0.141. The number of nitrogens with zero attached hydrogens (tertiary/aromatic N) is 2. The molecular weight excluding hydrogens is 398 g/mol. The monoisotopic (exact) mass is 421 g/mol. The molecule has 1 aliphatic carbocycles. The molecule has 2 fully saturated rings. The molecule has 2 aliphatic rings. The molecular formula is C18H23N5O5S. The van der Waals surface area contributed by atoms with E-state index in [0.717, 1.165) is 12.8 Å². The summed E-state index contributed by atoms with van der Waals surface area (Å²) >= 11 is 1.21. The van der Waals surface area contributed by atoms with Crippen LogP contribution in [-0.2, 0) is 14.3 Å². The van der Waals surface area contributed by atoms with Crippen molar-refractivity contribution in [1.82, 2.24) is 20.7 Å². The number of imide groups is 1. The van der Waals surface area contributed by atoms with Crippen LogP contribution in [0.3, 0.4) is 0 Å². The van der Waals surface area contributed by atoms with Gasteiger partial charge in [-0.2, -0.15) is 5.01 Å². The first kappa shape index (κ1) is 20.8. The van der Waals surface area contributed by atoms with E-state index in [9.17, 15) is 19.2 Å². The smallest absolute Gasteiger partial charge is 0.358 e. The van der Waals surface area contributed by atoms with Crippen LogP contribution in [0.1, 0.15) is 43.1 Å². The Bertz CT molecular complexity index is 830. The quantitative estimate of drug-likeness (QED) is 0.345. The molecule has 3 rings (SSSR count). The number of hydrazine groups is 1. The molecule has 1 saturated carbocycles. The number of hydrogen-bond donors (Lipinski definition) is 3. The van der Waals surface area contributed by atoms with Crippen molar-refractivity contribution in [3.63, 3.8) is 0 Å². The Balaban J connectivity index is 1.51. The summed E-state index contributed by atoms with van der Waals surface area (Å²) in [5.74, 6) is -1.56. The van der Waals surface area contributed by atoms with Crippen molar-refractivity contribution in [1.29, 1.82) is 0 Å². The van der Waals surface area contributed by atoms with Crippen molar-refractivity contribution in [2.75, 3.05) is 18.5 Å². The molecule has 1 aromatic rings. The Kier molecular flexibility index (Phi) is 6.16. The number of urea groups is 1. The molecule has 2 heterocycles. The minimum Gasteiger partial charge on any atom is -0.451 e. The van der Waals surface area contributed by atoms with Crippen LogP contribution in [0, 0.1) is 5.92 Å². The van der Waals surface area contributed by atoms with Gasteiger partial charge in [0.1, 0.15) is 5.54 Å². The van der Waals surface area contributed by atoms with Gasteiger partial charge in [0, 0.05) is 11.9 Å². The predicted molar refractivity (Wildman–Crippen MR) is 105 cm³/mol. The third-order valence-corrected chi connectivity index (χ3v) is 5.77. The summed E-state index contributed by atoms with van der Waals surface area (Å²) in [5.41, 5.74) is 1.32. The molecule has 0 radical (unpaired) electrons. The Morgan fingerprint density at radius 2 is 2.17 bits per heavy atom. The summed E-state index contributed by atoms with van der Waals surface area (Å²) in [6.45, 7) is 5.52. The fourth-order valence-electron chi connectivity index (χ4n) is 3.29. The third kappa shape index (κ3) is 4.56. The second-order valence-corrected chi connectivity index (χ2v) is 8.01. The number of anilines is 1. The molecule has 3 N–H and O–H groups in total. The van der Waals surface area contributed by atoms with E-state index in [1.807, 2.05) is 0 Å². The molecule has 0 aromatic carbocycles. The van der Waals surface area contributed by atoms with Crippen LogP contribution >= 0.6 is 11.3 Å². The molecule has 4 amide bonds. The van der Waals surface area contributed by atoms with Gasteiger partial charge in [-0.15, -0.1) is 17.9 Å². The molecule has 0 unspecified atom stereocenters. The van der Waals surface area contributed by atoms with E-state index in [-0.39, 0.29) is 5.69 Å². The van der Waals surface area contributed by atoms with Gasteiger partial charge in [-0.1, -0.05) is 13.0 Å². The fourth-order valence-corrected chi connectivity index (χ4v) is 3.98. The van der Waals surface area contributed by atoms with Crippen LogP contribution in [0.4, 0.5) is 9.93 Å². The van der Waals surface area contributed by atoms with Crippen LogP contribution in [-0.4, -0.2) is 52.5 Å². The average molecular weight is 421 g/mol. The summed E-state index contributed by atoms with van der Waals surface area (Å²) in [6.07, 6.45) is 4.36. The van der Waals surface area contributed by atoms with Crippen molar-refractivity contribution in [3.8, 4) is 0 Å².